The molecule has 0 amide bonds. The molecule has 0 radical (unpaired) electrons. The van der Waals surface area contributed by atoms with Crippen molar-refractivity contribution in [2.24, 2.45) is 7.05 Å². The predicted molar refractivity (Wildman–Crippen MR) is 131 cm³/mol. The molecule has 8 nitrogen and oxygen atoms in total. The van der Waals surface area contributed by atoms with E-state index in [1.165, 1.54) is 0 Å². The van der Waals surface area contributed by atoms with Gasteiger partial charge >= 0.3 is 5.97 Å². The number of benzene rings is 2. The summed E-state index contributed by atoms with van der Waals surface area (Å²) < 4.78 is 18.5. The number of rotatable bonds is 9. The van der Waals surface area contributed by atoms with Gasteiger partial charge in [-0.2, -0.15) is 0 Å². The van der Waals surface area contributed by atoms with Crippen LogP contribution < -0.4 is 5.32 Å². The van der Waals surface area contributed by atoms with E-state index in [2.05, 4.69) is 10.3 Å². The van der Waals surface area contributed by atoms with Crippen LogP contribution in [0.25, 0.3) is 0 Å². The highest BCUT2D eigenvalue weighted by molar-refractivity contribution is 6.14. The van der Waals surface area contributed by atoms with Crippen molar-refractivity contribution in [1.29, 1.82) is 0 Å². The number of ether oxygens (including phenoxy) is 3. The van der Waals surface area contributed by atoms with E-state index in [9.17, 15) is 9.59 Å². The molecule has 0 aliphatic carbocycles. The Morgan fingerprint density at radius 2 is 1.77 bits per heavy atom. The van der Waals surface area contributed by atoms with Gasteiger partial charge in [-0.1, -0.05) is 30.3 Å². The Hall–Kier alpha value is -3.49. The Bertz CT molecular complexity index is 1180. The molecule has 184 valence electrons. The molecule has 3 aromatic rings. The molecular weight excluding hydrogens is 446 g/mol. The smallest absolute Gasteiger partial charge is 0.338 e. The van der Waals surface area contributed by atoms with Gasteiger partial charge in [-0.05, 0) is 38.5 Å². The van der Waals surface area contributed by atoms with Gasteiger partial charge in [-0.25, -0.2) is 9.78 Å². The van der Waals surface area contributed by atoms with Crippen LogP contribution in [-0.2, 0) is 21.3 Å². The number of ketones is 1. The zero-order chi connectivity index (χ0) is 24.9. The number of nitrogens with one attached hydrogen (secondary N) is 1. The second-order valence-corrected chi connectivity index (χ2v) is 8.22. The van der Waals surface area contributed by atoms with E-state index in [1.54, 1.807) is 25.3 Å². The number of fused-ring (bicyclic) bond motifs is 1. The first-order chi connectivity index (χ1) is 17.0. The number of anilines is 1. The number of Topliss-reactive ketones (excluding diaryl/α,β-unsaturated/α-hetero) is 1. The van der Waals surface area contributed by atoms with Crippen LogP contribution in [0.3, 0.4) is 0 Å². The van der Waals surface area contributed by atoms with Crippen molar-refractivity contribution in [2.45, 2.75) is 39.0 Å². The van der Waals surface area contributed by atoms with Crippen LogP contribution in [0.1, 0.15) is 76.7 Å². The van der Waals surface area contributed by atoms with E-state index in [-0.39, 0.29) is 24.0 Å². The largest absolute Gasteiger partial charge is 0.462 e. The molecular formula is C27H31N3O5. The SMILES string of the molecule is CCOC(=O)c1cccc2c1C(=O)C(c1nccn1C)C(c1ccc(C(OCC)OCC)cc1)N2. The lowest BCUT2D eigenvalue weighted by Crippen LogP contribution is -2.34. The Labute approximate surface area is 205 Å². The summed E-state index contributed by atoms with van der Waals surface area (Å²) in [4.78, 5) is 31.1. The Balaban J connectivity index is 1.77. The molecule has 0 fully saturated rings. The number of hydrogen-bond donors (Lipinski definition) is 1. The minimum atomic E-state index is -0.640. The van der Waals surface area contributed by atoms with Crippen LogP contribution in [0.2, 0.25) is 0 Å². The fraction of sp³-hybridized carbons (Fsp3) is 0.370. The first kappa shape index (κ1) is 24.6. The summed E-state index contributed by atoms with van der Waals surface area (Å²) in [5, 5.41) is 3.50. The van der Waals surface area contributed by atoms with Gasteiger partial charge in [0.15, 0.2) is 12.1 Å². The van der Waals surface area contributed by atoms with Gasteiger partial charge < -0.3 is 24.1 Å². The number of aromatic nitrogens is 2. The maximum Gasteiger partial charge on any atom is 0.338 e. The van der Waals surface area contributed by atoms with Gasteiger partial charge in [0.2, 0.25) is 0 Å². The summed E-state index contributed by atoms with van der Waals surface area (Å²) >= 11 is 0. The quantitative estimate of drug-likeness (QED) is 0.350. The Morgan fingerprint density at radius 3 is 2.37 bits per heavy atom. The summed E-state index contributed by atoms with van der Waals surface area (Å²) in [5.41, 5.74) is 3.00. The first-order valence-electron chi connectivity index (χ1n) is 11.9. The van der Waals surface area contributed by atoms with Crippen molar-refractivity contribution in [3.05, 3.63) is 82.9 Å². The molecule has 0 spiro atoms. The van der Waals surface area contributed by atoms with Gasteiger partial charge in [0.1, 0.15) is 11.7 Å². The molecule has 8 heteroatoms. The van der Waals surface area contributed by atoms with Crippen molar-refractivity contribution in [3.8, 4) is 0 Å². The zero-order valence-electron chi connectivity index (χ0n) is 20.5. The fourth-order valence-electron chi connectivity index (χ4n) is 4.50. The molecule has 4 rings (SSSR count). The van der Waals surface area contributed by atoms with E-state index >= 15 is 0 Å². The summed E-state index contributed by atoms with van der Waals surface area (Å²) in [6, 6.07) is 12.7. The van der Waals surface area contributed by atoms with Crippen LogP contribution in [0.15, 0.2) is 54.9 Å². The number of imidazole rings is 1. The lowest BCUT2D eigenvalue weighted by molar-refractivity contribution is -0.140. The fourth-order valence-corrected chi connectivity index (χ4v) is 4.50. The van der Waals surface area contributed by atoms with Gasteiger partial charge in [0, 0.05) is 43.9 Å². The molecule has 1 aliphatic rings. The van der Waals surface area contributed by atoms with E-state index in [0.29, 0.717) is 30.3 Å². The van der Waals surface area contributed by atoms with Crippen molar-refractivity contribution < 1.29 is 23.8 Å². The summed E-state index contributed by atoms with van der Waals surface area (Å²) in [6.07, 6.45) is 3.03. The second-order valence-electron chi connectivity index (χ2n) is 8.22. The highest BCUT2D eigenvalue weighted by Gasteiger charge is 2.41. The summed E-state index contributed by atoms with van der Waals surface area (Å²) in [5.74, 6) is -0.716. The van der Waals surface area contributed by atoms with Crippen LogP contribution in [-0.4, -0.2) is 41.1 Å². The van der Waals surface area contributed by atoms with Crippen molar-refractivity contribution in [3.63, 3.8) is 0 Å². The molecule has 2 atom stereocenters. The molecule has 1 aliphatic heterocycles. The van der Waals surface area contributed by atoms with E-state index in [4.69, 9.17) is 14.2 Å². The maximum absolute atomic E-state index is 14.0. The molecule has 0 bridgehead atoms. The summed E-state index contributed by atoms with van der Waals surface area (Å²) in [7, 11) is 1.86. The molecule has 1 N–H and O–H groups in total. The molecule has 0 saturated heterocycles. The van der Waals surface area contributed by atoms with Gasteiger partial charge in [0.25, 0.3) is 0 Å². The van der Waals surface area contributed by atoms with Gasteiger partial charge in [0.05, 0.1) is 23.8 Å². The third-order valence-electron chi connectivity index (χ3n) is 6.07. The topological polar surface area (TPSA) is 91.7 Å². The van der Waals surface area contributed by atoms with Crippen molar-refractivity contribution in [1.82, 2.24) is 9.55 Å². The minimum absolute atomic E-state index is 0.174. The normalized spacial score (nSPS) is 17.2. The number of hydrogen-bond acceptors (Lipinski definition) is 7. The number of nitrogens with zero attached hydrogens (tertiary/aromatic N) is 2. The molecule has 0 saturated carbocycles. The Kier molecular flexibility index (Phi) is 7.63. The molecule has 35 heavy (non-hydrogen) atoms. The van der Waals surface area contributed by atoms with Gasteiger partial charge in [-0.15, -0.1) is 0 Å². The van der Waals surface area contributed by atoms with Crippen LogP contribution in [0.4, 0.5) is 5.69 Å². The zero-order valence-corrected chi connectivity index (χ0v) is 20.5. The third-order valence-corrected chi connectivity index (χ3v) is 6.07. The number of carbonyl (C=O) groups excluding carboxylic acids is 2. The average molecular weight is 478 g/mol. The molecule has 1 aromatic heterocycles. The summed E-state index contributed by atoms with van der Waals surface area (Å²) in [6.45, 7) is 6.89. The monoisotopic (exact) mass is 477 g/mol. The Morgan fingerprint density at radius 1 is 1.06 bits per heavy atom. The molecule has 2 unspecified atom stereocenters. The van der Waals surface area contributed by atoms with E-state index in [0.717, 1.165) is 11.1 Å². The number of aryl methyl sites for hydroxylation is 1. The highest BCUT2D eigenvalue weighted by Crippen LogP contribution is 2.43. The van der Waals surface area contributed by atoms with Gasteiger partial charge in [-0.3, -0.25) is 4.79 Å². The third kappa shape index (κ3) is 4.85. The molecule has 2 aromatic carbocycles. The lowest BCUT2D eigenvalue weighted by atomic mass is 9.80. The van der Waals surface area contributed by atoms with Crippen molar-refractivity contribution in [2.75, 3.05) is 25.1 Å². The minimum Gasteiger partial charge on any atom is -0.462 e. The van der Waals surface area contributed by atoms with Crippen molar-refractivity contribution >= 4 is 17.4 Å². The predicted octanol–water partition coefficient (Wildman–Crippen LogP) is 4.80. The van der Waals surface area contributed by atoms with Crippen LogP contribution in [0.5, 0.6) is 0 Å². The standard InChI is InChI=1S/C27H31N3O5/c1-5-33-26(32)19-9-8-10-20-21(19)24(31)22(25-28-15-16-30(25)4)23(29-20)17-11-13-18(14-12-17)27(34-6-2)35-7-3/h8-16,22-23,27,29H,5-7H2,1-4H3. The lowest BCUT2D eigenvalue weighted by Gasteiger charge is -2.34. The first-order valence-corrected chi connectivity index (χ1v) is 11.9. The average Bonchev–Trinajstić information content (AvgIpc) is 3.29. The van der Waals surface area contributed by atoms with Crippen LogP contribution in [0, 0.1) is 0 Å². The highest BCUT2D eigenvalue weighted by atomic mass is 16.7. The van der Waals surface area contributed by atoms with E-state index in [1.807, 2.05) is 62.0 Å². The number of carbonyl (C=O) groups is 2. The molecule has 2 heterocycles. The second kappa shape index (κ2) is 10.8. The maximum atomic E-state index is 14.0. The van der Waals surface area contributed by atoms with E-state index < -0.39 is 18.2 Å². The van der Waals surface area contributed by atoms with Crippen LogP contribution >= 0.6 is 0 Å². The number of esters is 1.